The fourth-order valence-electron chi connectivity index (χ4n) is 3.05. The largest absolute Gasteiger partial charge is 0.493 e. The van der Waals surface area contributed by atoms with Gasteiger partial charge in [-0.1, -0.05) is 0 Å². The summed E-state index contributed by atoms with van der Waals surface area (Å²) in [7, 11) is 3.40. The van der Waals surface area contributed by atoms with Crippen molar-refractivity contribution >= 4 is 21.4 Å². The Labute approximate surface area is 123 Å². The molecule has 0 saturated carbocycles. The molecule has 3 nitrogen and oxygen atoms in total. The van der Waals surface area contributed by atoms with E-state index in [1.54, 1.807) is 14.2 Å². The maximum atomic E-state index is 5.54. The predicted molar refractivity (Wildman–Crippen MR) is 84.4 cm³/mol. The highest BCUT2D eigenvalue weighted by Gasteiger charge is 2.22. The van der Waals surface area contributed by atoms with Crippen molar-refractivity contribution in [3.63, 3.8) is 0 Å². The van der Waals surface area contributed by atoms with E-state index in [1.807, 2.05) is 17.4 Å². The molecule has 0 spiro atoms. The Morgan fingerprint density at radius 2 is 2.10 bits per heavy atom. The number of hydrogen-bond donors (Lipinski definition) is 1. The molecule has 2 heterocycles. The number of ether oxygens (including phenoxy) is 2. The SMILES string of the molecule is COc1ccc2sc(C3CCNC(C)C3)cc2c1OC. The summed E-state index contributed by atoms with van der Waals surface area (Å²) in [6.07, 6.45) is 2.43. The van der Waals surface area contributed by atoms with Crippen molar-refractivity contribution in [2.75, 3.05) is 20.8 Å². The van der Waals surface area contributed by atoms with Crippen LogP contribution < -0.4 is 14.8 Å². The van der Waals surface area contributed by atoms with E-state index in [1.165, 1.54) is 27.8 Å². The van der Waals surface area contributed by atoms with Crippen LogP contribution in [0.5, 0.6) is 11.5 Å². The zero-order chi connectivity index (χ0) is 14.1. The van der Waals surface area contributed by atoms with E-state index < -0.39 is 0 Å². The van der Waals surface area contributed by atoms with Gasteiger partial charge in [0.15, 0.2) is 11.5 Å². The molecule has 0 amide bonds. The summed E-state index contributed by atoms with van der Waals surface area (Å²) in [5, 5.41) is 4.69. The first-order valence-corrected chi connectivity index (χ1v) is 7.92. The molecular weight excluding hydrogens is 270 g/mol. The highest BCUT2D eigenvalue weighted by Crippen LogP contribution is 2.43. The van der Waals surface area contributed by atoms with Gasteiger partial charge in [-0.15, -0.1) is 11.3 Å². The van der Waals surface area contributed by atoms with E-state index in [2.05, 4.69) is 24.4 Å². The molecule has 4 heteroatoms. The van der Waals surface area contributed by atoms with Crippen LogP contribution in [0, 0.1) is 0 Å². The predicted octanol–water partition coefficient (Wildman–Crippen LogP) is 3.77. The molecule has 1 aromatic heterocycles. The highest BCUT2D eigenvalue weighted by molar-refractivity contribution is 7.19. The van der Waals surface area contributed by atoms with E-state index in [9.17, 15) is 0 Å². The molecule has 2 unspecified atom stereocenters. The van der Waals surface area contributed by atoms with E-state index >= 15 is 0 Å². The molecule has 20 heavy (non-hydrogen) atoms. The first-order chi connectivity index (χ1) is 9.72. The number of benzene rings is 1. The third kappa shape index (κ3) is 2.38. The van der Waals surface area contributed by atoms with Crippen molar-refractivity contribution in [1.82, 2.24) is 5.32 Å². The van der Waals surface area contributed by atoms with Gasteiger partial charge in [0.1, 0.15) is 0 Å². The molecule has 0 bridgehead atoms. The molecule has 1 saturated heterocycles. The molecule has 2 aromatic rings. The van der Waals surface area contributed by atoms with Crippen molar-refractivity contribution in [3.8, 4) is 11.5 Å². The number of hydrogen-bond acceptors (Lipinski definition) is 4. The van der Waals surface area contributed by atoms with E-state index in [0.29, 0.717) is 12.0 Å². The first-order valence-electron chi connectivity index (χ1n) is 7.10. The van der Waals surface area contributed by atoms with Crippen molar-refractivity contribution in [1.29, 1.82) is 0 Å². The Hall–Kier alpha value is -1.26. The quantitative estimate of drug-likeness (QED) is 0.933. The van der Waals surface area contributed by atoms with Gasteiger partial charge < -0.3 is 14.8 Å². The smallest absolute Gasteiger partial charge is 0.169 e. The molecule has 0 radical (unpaired) electrons. The van der Waals surface area contributed by atoms with Crippen LogP contribution in [0.15, 0.2) is 18.2 Å². The van der Waals surface area contributed by atoms with Crippen molar-refractivity contribution in [2.45, 2.75) is 31.7 Å². The molecule has 108 valence electrons. The molecule has 1 fully saturated rings. The zero-order valence-corrected chi connectivity index (χ0v) is 13.0. The molecule has 1 aliphatic heterocycles. The van der Waals surface area contributed by atoms with Crippen molar-refractivity contribution < 1.29 is 9.47 Å². The maximum absolute atomic E-state index is 5.54. The minimum atomic E-state index is 0.607. The summed E-state index contributed by atoms with van der Waals surface area (Å²) in [4.78, 5) is 1.47. The monoisotopic (exact) mass is 291 g/mol. The summed E-state index contributed by atoms with van der Waals surface area (Å²) in [6.45, 7) is 3.38. The van der Waals surface area contributed by atoms with Crippen molar-refractivity contribution in [3.05, 3.63) is 23.1 Å². The average molecular weight is 291 g/mol. The van der Waals surface area contributed by atoms with Crippen LogP contribution in [0.25, 0.3) is 10.1 Å². The minimum Gasteiger partial charge on any atom is -0.493 e. The van der Waals surface area contributed by atoms with Gasteiger partial charge in [-0.25, -0.2) is 0 Å². The topological polar surface area (TPSA) is 30.5 Å². The number of nitrogens with one attached hydrogen (secondary N) is 1. The van der Waals surface area contributed by atoms with Crippen LogP contribution in [-0.4, -0.2) is 26.8 Å². The normalized spacial score (nSPS) is 22.9. The Morgan fingerprint density at radius 1 is 1.25 bits per heavy atom. The first kappa shape index (κ1) is 13.7. The number of methoxy groups -OCH3 is 2. The highest BCUT2D eigenvalue weighted by atomic mass is 32.1. The third-order valence-electron chi connectivity index (χ3n) is 4.08. The molecule has 2 atom stereocenters. The lowest BCUT2D eigenvalue weighted by Gasteiger charge is -2.27. The van der Waals surface area contributed by atoms with Crippen LogP contribution in [0.2, 0.25) is 0 Å². The Morgan fingerprint density at radius 3 is 2.80 bits per heavy atom. The summed E-state index contributed by atoms with van der Waals surface area (Å²) in [5.41, 5.74) is 0. The Balaban J connectivity index is 2.01. The fraction of sp³-hybridized carbons (Fsp3) is 0.500. The van der Waals surface area contributed by atoms with Crippen LogP contribution in [0.4, 0.5) is 0 Å². The number of rotatable bonds is 3. The average Bonchev–Trinajstić information content (AvgIpc) is 2.90. The second-order valence-corrected chi connectivity index (χ2v) is 6.55. The Bertz CT molecular complexity index is 608. The van der Waals surface area contributed by atoms with Crippen molar-refractivity contribution in [2.24, 2.45) is 0 Å². The molecule has 0 aliphatic carbocycles. The number of fused-ring (bicyclic) bond motifs is 1. The lowest BCUT2D eigenvalue weighted by atomic mass is 9.92. The van der Waals surface area contributed by atoms with Crippen LogP contribution >= 0.6 is 11.3 Å². The van der Waals surface area contributed by atoms with Gasteiger partial charge in [-0.2, -0.15) is 0 Å². The third-order valence-corrected chi connectivity index (χ3v) is 5.35. The van der Waals surface area contributed by atoms with Gasteiger partial charge >= 0.3 is 0 Å². The zero-order valence-electron chi connectivity index (χ0n) is 12.2. The van der Waals surface area contributed by atoms with Gasteiger partial charge in [-0.05, 0) is 50.4 Å². The Kier molecular flexibility index (Phi) is 3.85. The van der Waals surface area contributed by atoms with E-state index in [0.717, 1.165) is 18.0 Å². The van der Waals surface area contributed by atoms with Crippen LogP contribution in [0.3, 0.4) is 0 Å². The molecule has 3 rings (SSSR count). The number of piperidine rings is 1. The summed E-state index contributed by atoms with van der Waals surface area (Å²) in [5.74, 6) is 2.33. The summed E-state index contributed by atoms with van der Waals surface area (Å²) < 4.78 is 12.2. The number of thiophene rings is 1. The lowest BCUT2D eigenvalue weighted by molar-refractivity contribution is 0.358. The molecule has 1 aliphatic rings. The second-order valence-electron chi connectivity index (χ2n) is 5.44. The molecular formula is C16H21NO2S. The molecule has 1 aromatic carbocycles. The van der Waals surface area contributed by atoms with Gasteiger partial charge in [0.2, 0.25) is 0 Å². The van der Waals surface area contributed by atoms with Gasteiger partial charge in [-0.3, -0.25) is 0 Å². The minimum absolute atomic E-state index is 0.607. The fourth-order valence-corrected chi connectivity index (χ4v) is 4.26. The van der Waals surface area contributed by atoms with Crippen LogP contribution in [-0.2, 0) is 0 Å². The summed E-state index contributed by atoms with van der Waals surface area (Å²) >= 11 is 1.89. The second kappa shape index (κ2) is 5.62. The van der Waals surface area contributed by atoms with Crippen LogP contribution in [0.1, 0.15) is 30.6 Å². The van der Waals surface area contributed by atoms with Gasteiger partial charge in [0.05, 0.1) is 14.2 Å². The van der Waals surface area contributed by atoms with Gasteiger partial charge in [0, 0.05) is 21.0 Å². The lowest BCUT2D eigenvalue weighted by Crippen LogP contribution is -2.34. The van der Waals surface area contributed by atoms with Gasteiger partial charge in [0.25, 0.3) is 0 Å². The summed E-state index contributed by atoms with van der Waals surface area (Å²) in [6, 6.07) is 7.03. The standard InChI is InChI=1S/C16H21NO2S/c1-10-8-11(6-7-17-10)15-9-12-14(20-15)5-4-13(18-2)16(12)19-3/h4-5,9-11,17H,6-8H2,1-3H3. The van der Waals surface area contributed by atoms with E-state index in [-0.39, 0.29) is 0 Å². The maximum Gasteiger partial charge on any atom is 0.169 e. The van der Waals surface area contributed by atoms with E-state index in [4.69, 9.17) is 9.47 Å². The molecule has 1 N–H and O–H groups in total.